The minimum absolute atomic E-state index is 0.251. The Morgan fingerprint density at radius 3 is 0.432 bits per heavy atom. The maximum Gasteiger partial charge on any atom is 0.243 e. The zero-order valence-corrected chi connectivity index (χ0v) is 41.9. The summed E-state index contributed by atoms with van der Waals surface area (Å²) < 4.78 is 0. The monoisotopic (exact) mass is 1050 g/mol. The fourth-order valence-corrected chi connectivity index (χ4v) is 9.56. The van der Waals surface area contributed by atoms with Crippen molar-refractivity contribution < 1.29 is 0 Å². The maximum atomic E-state index is 5.16. The normalized spacial score (nSPS) is 18.1. The van der Waals surface area contributed by atoms with Crippen LogP contribution in [0.15, 0.2) is 290 Å². The van der Waals surface area contributed by atoms with Crippen molar-refractivity contribution in [1.29, 1.82) is 0 Å². The van der Waals surface area contributed by atoms with Crippen LogP contribution < -0.4 is 0 Å². The van der Waals surface area contributed by atoms with Crippen LogP contribution in [0.3, 0.4) is 0 Å². The summed E-state index contributed by atoms with van der Waals surface area (Å²) >= 11 is 0. The van der Waals surface area contributed by atoms with Crippen molar-refractivity contribution in [2.24, 2.45) is 89.9 Å². The molecular weight excluding hydrogens is 1010 g/mol. The lowest BCUT2D eigenvalue weighted by atomic mass is 10.0. The molecule has 7 aromatic carbocycles. The summed E-state index contributed by atoms with van der Waals surface area (Å²) in [5.41, 5.74) is 6.14. The van der Waals surface area contributed by atoms with Gasteiger partial charge in [0.1, 0.15) is 0 Å². The summed E-state index contributed by atoms with van der Waals surface area (Å²) in [6, 6.07) is 63.7. The lowest BCUT2D eigenvalue weighted by molar-refractivity contribution is 0.828. The van der Waals surface area contributed by atoms with Gasteiger partial charge in [0.25, 0.3) is 0 Å². The molecule has 0 saturated heterocycles. The Morgan fingerprint density at radius 1 is 0.148 bits per heavy atom. The lowest BCUT2D eigenvalue weighted by Crippen LogP contribution is -2.48. The van der Waals surface area contributed by atoms with E-state index in [0.29, 0.717) is 69.6 Å². The zero-order valence-electron chi connectivity index (χ0n) is 41.9. The lowest BCUT2D eigenvalue weighted by Gasteiger charge is -2.31. The van der Waals surface area contributed by atoms with Crippen molar-refractivity contribution >= 4 is 106 Å². The van der Waals surface area contributed by atoms with Crippen molar-refractivity contribution in [3.8, 4) is 0 Å². The summed E-state index contributed by atoms with van der Waals surface area (Å²) in [4.78, 5) is 95.5. The van der Waals surface area contributed by atoms with E-state index in [4.69, 9.17) is 89.9 Å². The second-order valence-corrected chi connectivity index (χ2v) is 18.6. The molecule has 21 nitrogen and oxygen atoms in total. The van der Waals surface area contributed by atoms with E-state index in [0.717, 1.165) is 33.4 Å². The molecule has 9 aliphatic rings. The van der Waals surface area contributed by atoms with Crippen molar-refractivity contribution in [3.05, 3.63) is 250 Å². The van der Waals surface area contributed by atoms with Gasteiger partial charge < -0.3 is 0 Å². The van der Waals surface area contributed by atoms with Crippen LogP contribution in [-0.2, 0) is 0 Å². The van der Waals surface area contributed by atoms with E-state index in [-0.39, 0.29) is 53.3 Å². The molecule has 0 fully saturated rings. The molecule has 378 valence electrons. The molecule has 0 spiro atoms. The minimum Gasteiger partial charge on any atom is -0.213 e. The Morgan fingerprint density at radius 2 is 0.284 bits per heavy atom. The number of benzene rings is 7. The highest BCUT2D eigenvalue weighted by Gasteiger charge is 2.40. The molecule has 9 heterocycles. The van der Waals surface area contributed by atoms with E-state index in [9.17, 15) is 0 Å². The van der Waals surface area contributed by atoms with Crippen molar-refractivity contribution in [2.45, 2.75) is 0 Å². The van der Waals surface area contributed by atoms with Gasteiger partial charge in [-0.15, -0.1) is 0 Å². The SMILES string of the molecule is c1ccc(C2=NC3=NC(c4ccccc4)=NC4=NC(c5cc(C6=NC7=NC(c8ccccc8)=NC8=NC(c9ccccc9)=NC(=N6)N87)cc(C6=NC7=NC(c8ccccc8)=NC8=NC(c9ccccc9)=NC(=N6)N87)c5)=NC(=N2)N34)cc1. The highest BCUT2D eigenvalue weighted by Crippen LogP contribution is 2.29. The Hall–Kier alpha value is -12.0. The van der Waals surface area contributed by atoms with E-state index >= 15 is 0 Å². The summed E-state index contributed by atoms with van der Waals surface area (Å²) in [6.07, 6.45) is 0. The zero-order chi connectivity index (χ0) is 53.4. The van der Waals surface area contributed by atoms with Crippen molar-refractivity contribution in [2.75, 3.05) is 0 Å². The number of nitrogens with zero attached hydrogens (tertiary/aromatic N) is 21. The number of hydrogen-bond donors (Lipinski definition) is 0. The number of guanidine groups is 9. The van der Waals surface area contributed by atoms with Crippen LogP contribution in [-0.4, -0.2) is 121 Å². The molecule has 21 heteroatoms. The predicted octanol–water partition coefficient (Wildman–Crippen LogP) is 7.84. The van der Waals surface area contributed by atoms with Gasteiger partial charge in [0.05, 0.1) is 0 Å². The molecule has 7 aromatic rings. The Labute approximate surface area is 459 Å². The van der Waals surface area contributed by atoms with Gasteiger partial charge >= 0.3 is 0 Å². The Balaban J connectivity index is 0.913. The standard InChI is InChI=1S/C60H33N21/c1-7-19-34(20-8-1)43-61-52-62-44(35-21-9-2-10-22-35)68-56-74-49(73-55(67-43)79(52)56)40-31-41(50-75-57-69-45(36-23-11-3-12-24-36)63-53-64-46(37-25-13-4-14-26-37)70-58(76-50)80(53)57)33-42(32-40)51-77-59-71-47(38-27-15-5-16-28-38)65-54-66-48(39-29-17-6-18-30-39)72-60(78-51)81(54)59/h1-33H. The molecule has 0 unspecified atom stereocenters. The first kappa shape index (κ1) is 45.2. The van der Waals surface area contributed by atoms with Gasteiger partial charge in [-0.05, 0) is 18.2 Å². The Kier molecular flexibility index (Phi) is 10.2. The molecule has 0 N–H and O–H groups in total. The molecule has 0 atom stereocenters. The third-order valence-electron chi connectivity index (χ3n) is 13.4. The van der Waals surface area contributed by atoms with Crippen LogP contribution in [0.4, 0.5) is 0 Å². The molecule has 16 rings (SSSR count). The van der Waals surface area contributed by atoms with Crippen LogP contribution in [0.25, 0.3) is 0 Å². The molecule has 0 aliphatic carbocycles. The van der Waals surface area contributed by atoms with E-state index in [2.05, 4.69) is 0 Å². The number of rotatable bonds is 9. The first-order valence-corrected chi connectivity index (χ1v) is 25.5. The molecule has 0 aromatic heterocycles. The van der Waals surface area contributed by atoms with Gasteiger partial charge in [0.2, 0.25) is 53.6 Å². The quantitative estimate of drug-likeness (QED) is 0.141. The van der Waals surface area contributed by atoms with Crippen LogP contribution in [0, 0.1) is 0 Å². The average Bonchev–Trinajstić information content (AvgIpc) is 3.69. The van der Waals surface area contributed by atoms with Gasteiger partial charge in [-0.2, -0.15) is 89.9 Å². The summed E-state index contributed by atoms with van der Waals surface area (Å²) in [5.74, 6) is 5.70. The number of aliphatic imine (C=N–C) groups is 18. The van der Waals surface area contributed by atoms with Crippen molar-refractivity contribution in [3.63, 3.8) is 0 Å². The third-order valence-corrected chi connectivity index (χ3v) is 13.4. The molecule has 9 aliphatic heterocycles. The van der Waals surface area contributed by atoms with E-state index in [1.54, 1.807) is 14.7 Å². The van der Waals surface area contributed by atoms with E-state index in [1.807, 2.05) is 200 Å². The van der Waals surface area contributed by atoms with Crippen LogP contribution >= 0.6 is 0 Å². The Bertz CT molecular complexity index is 3930. The van der Waals surface area contributed by atoms with Gasteiger partial charge in [-0.25, -0.2) is 14.7 Å². The van der Waals surface area contributed by atoms with Crippen LogP contribution in [0.5, 0.6) is 0 Å². The second kappa shape index (κ2) is 18.3. The summed E-state index contributed by atoms with van der Waals surface area (Å²) in [5, 5.41) is 0. The third kappa shape index (κ3) is 8.04. The molecular formula is C60H33N21. The van der Waals surface area contributed by atoms with Gasteiger partial charge in [-0.1, -0.05) is 182 Å². The van der Waals surface area contributed by atoms with Crippen LogP contribution in [0.2, 0.25) is 0 Å². The summed E-state index contributed by atoms with van der Waals surface area (Å²) in [7, 11) is 0. The second-order valence-electron chi connectivity index (χ2n) is 18.6. The van der Waals surface area contributed by atoms with E-state index < -0.39 is 0 Å². The molecule has 0 amide bonds. The highest BCUT2D eigenvalue weighted by atomic mass is 15.5. The first-order valence-electron chi connectivity index (χ1n) is 25.5. The number of amidine groups is 9. The topological polar surface area (TPSA) is 232 Å². The van der Waals surface area contributed by atoms with E-state index in [1.165, 1.54) is 0 Å². The molecule has 0 saturated carbocycles. The largest absolute Gasteiger partial charge is 0.243 e. The van der Waals surface area contributed by atoms with Crippen LogP contribution in [0.1, 0.15) is 50.1 Å². The number of hydrogen-bond acceptors (Lipinski definition) is 21. The fourth-order valence-electron chi connectivity index (χ4n) is 9.56. The molecule has 0 radical (unpaired) electrons. The predicted molar refractivity (Wildman–Crippen MR) is 316 cm³/mol. The van der Waals surface area contributed by atoms with Gasteiger partial charge in [-0.3, -0.25) is 0 Å². The fraction of sp³-hybridized carbons (Fsp3) is 0. The molecule has 0 bridgehead atoms. The minimum atomic E-state index is 0.251. The van der Waals surface area contributed by atoms with Gasteiger partial charge in [0.15, 0.2) is 52.5 Å². The van der Waals surface area contributed by atoms with Gasteiger partial charge in [0, 0.05) is 50.1 Å². The summed E-state index contributed by atoms with van der Waals surface area (Å²) in [6.45, 7) is 0. The smallest absolute Gasteiger partial charge is 0.213 e. The highest BCUT2D eigenvalue weighted by molar-refractivity contribution is 6.38. The average molecular weight is 1050 g/mol. The molecule has 81 heavy (non-hydrogen) atoms. The maximum absolute atomic E-state index is 5.16. The van der Waals surface area contributed by atoms with Crippen molar-refractivity contribution in [1.82, 2.24) is 14.7 Å². The first-order chi connectivity index (χ1) is 40.0.